The number of anilines is 1. The van der Waals surface area contributed by atoms with Crippen LogP contribution in [-0.4, -0.2) is 36.0 Å². The summed E-state index contributed by atoms with van der Waals surface area (Å²) in [4.78, 5) is 26.6. The number of rotatable bonds is 6. The van der Waals surface area contributed by atoms with Gasteiger partial charge in [-0.15, -0.1) is 0 Å². The minimum Gasteiger partial charge on any atom is -0.492 e. The fraction of sp³-hybridized carbons (Fsp3) is 0.391. The number of ether oxygens (including phenoxy) is 2. The lowest BCUT2D eigenvalue weighted by Crippen LogP contribution is -2.24. The molecule has 29 heavy (non-hydrogen) atoms. The van der Waals surface area contributed by atoms with Gasteiger partial charge in [-0.25, -0.2) is 0 Å². The van der Waals surface area contributed by atoms with E-state index in [9.17, 15) is 9.59 Å². The van der Waals surface area contributed by atoms with Crippen LogP contribution >= 0.6 is 0 Å². The number of nitrogens with one attached hydrogen (secondary N) is 1. The van der Waals surface area contributed by atoms with Gasteiger partial charge in [0.1, 0.15) is 17.6 Å². The molecule has 1 saturated heterocycles. The van der Waals surface area contributed by atoms with Crippen molar-refractivity contribution in [3.8, 4) is 11.5 Å². The second kappa shape index (κ2) is 8.15. The number of nitrogens with zero attached hydrogens (tertiary/aromatic N) is 1. The van der Waals surface area contributed by atoms with Crippen molar-refractivity contribution >= 4 is 17.5 Å². The molecule has 0 bridgehead atoms. The maximum Gasteiger partial charge on any atom is 0.255 e. The van der Waals surface area contributed by atoms with Gasteiger partial charge in [-0.3, -0.25) is 9.59 Å². The molecule has 0 radical (unpaired) electrons. The number of hydrogen-bond donors (Lipinski definition) is 1. The van der Waals surface area contributed by atoms with Gasteiger partial charge in [-0.05, 0) is 44.0 Å². The van der Waals surface area contributed by atoms with Crippen LogP contribution in [0.3, 0.4) is 0 Å². The van der Waals surface area contributed by atoms with Crippen molar-refractivity contribution < 1.29 is 19.1 Å². The molecule has 1 atom stereocenters. The molecular formula is C23H26N2O4. The summed E-state index contributed by atoms with van der Waals surface area (Å²) in [6.45, 7) is 5.77. The van der Waals surface area contributed by atoms with Gasteiger partial charge in [0, 0.05) is 43.1 Å². The molecule has 2 heterocycles. The quantitative estimate of drug-likeness (QED) is 0.810. The standard InChI is InChI=1S/C23H26N2O4/c1-3-28-21-12-18-10-15(2)29-20(18)13-19(21)24-23(27)17-7-4-6-16(11-17)14-25-9-5-8-22(25)26/h4,6-7,11-13,15H,3,5,8-10,14H2,1-2H3,(H,24,27). The Hall–Kier alpha value is -3.02. The van der Waals surface area contributed by atoms with Crippen molar-refractivity contribution in [1.29, 1.82) is 0 Å². The van der Waals surface area contributed by atoms with E-state index in [0.29, 0.717) is 36.6 Å². The molecule has 0 saturated carbocycles. The molecule has 1 fully saturated rings. The Morgan fingerprint density at radius 3 is 2.93 bits per heavy atom. The maximum absolute atomic E-state index is 12.9. The predicted octanol–water partition coefficient (Wildman–Crippen LogP) is 3.78. The fourth-order valence-electron chi connectivity index (χ4n) is 3.91. The third-order valence-corrected chi connectivity index (χ3v) is 5.28. The molecule has 2 aromatic rings. The van der Waals surface area contributed by atoms with Crippen molar-refractivity contribution in [3.63, 3.8) is 0 Å². The summed E-state index contributed by atoms with van der Waals surface area (Å²) in [5, 5.41) is 2.96. The van der Waals surface area contributed by atoms with Gasteiger partial charge in [0.15, 0.2) is 0 Å². The molecule has 0 aliphatic carbocycles. The molecule has 152 valence electrons. The van der Waals surface area contributed by atoms with Crippen molar-refractivity contribution in [2.75, 3.05) is 18.5 Å². The summed E-state index contributed by atoms with van der Waals surface area (Å²) < 4.78 is 11.6. The summed E-state index contributed by atoms with van der Waals surface area (Å²) in [7, 11) is 0. The van der Waals surface area contributed by atoms with Crippen LogP contribution in [0.25, 0.3) is 0 Å². The highest BCUT2D eigenvalue weighted by molar-refractivity contribution is 6.05. The molecule has 1 unspecified atom stereocenters. The maximum atomic E-state index is 12.9. The van der Waals surface area contributed by atoms with Crippen LogP contribution in [0, 0.1) is 0 Å². The largest absolute Gasteiger partial charge is 0.492 e. The molecule has 6 nitrogen and oxygen atoms in total. The summed E-state index contributed by atoms with van der Waals surface area (Å²) in [6.07, 6.45) is 2.47. The van der Waals surface area contributed by atoms with E-state index in [-0.39, 0.29) is 17.9 Å². The van der Waals surface area contributed by atoms with Crippen molar-refractivity contribution in [3.05, 3.63) is 53.1 Å². The Bertz CT molecular complexity index is 940. The van der Waals surface area contributed by atoms with Gasteiger partial charge in [0.05, 0.1) is 12.3 Å². The highest BCUT2D eigenvalue weighted by atomic mass is 16.5. The second-order valence-electron chi connectivity index (χ2n) is 7.60. The van der Waals surface area contributed by atoms with Gasteiger partial charge in [0.2, 0.25) is 5.91 Å². The fourth-order valence-corrected chi connectivity index (χ4v) is 3.91. The average Bonchev–Trinajstić information content (AvgIpc) is 3.26. The molecule has 2 aliphatic rings. The average molecular weight is 394 g/mol. The lowest BCUT2D eigenvalue weighted by atomic mass is 10.1. The van der Waals surface area contributed by atoms with Crippen LogP contribution in [0.15, 0.2) is 36.4 Å². The van der Waals surface area contributed by atoms with E-state index in [2.05, 4.69) is 5.32 Å². The van der Waals surface area contributed by atoms with E-state index in [0.717, 1.165) is 36.3 Å². The molecule has 4 rings (SSSR count). The van der Waals surface area contributed by atoms with Crippen LogP contribution in [0.4, 0.5) is 5.69 Å². The number of benzene rings is 2. The van der Waals surface area contributed by atoms with Crippen LogP contribution in [0.1, 0.15) is 48.2 Å². The van der Waals surface area contributed by atoms with Gasteiger partial charge < -0.3 is 19.7 Å². The van der Waals surface area contributed by atoms with Crippen molar-refractivity contribution in [1.82, 2.24) is 4.90 Å². The molecule has 6 heteroatoms. The first kappa shape index (κ1) is 19.3. The lowest BCUT2D eigenvalue weighted by Gasteiger charge is -2.16. The Kier molecular flexibility index (Phi) is 5.43. The van der Waals surface area contributed by atoms with Gasteiger partial charge in [-0.2, -0.15) is 0 Å². The van der Waals surface area contributed by atoms with Crippen molar-refractivity contribution in [2.24, 2.45) is 0 Å². The third-order valence-electron chi connectivity index (χ3n) is 5.28. The molecular weight excluding hydrogens is 368 g/mol. The number of hydrogen-bond acceptors (Lipinski definition) is 4. The van der Waals surface area contributed by atoms with E-state index >= 15 is 0 Å². The zero-order chi connectivity index (χ0) is 20.4. The van der Waals surface area contributed by atoms with Crippen LogP contribution < -0.4 is 14.8 Å². The van der Waals surface area contributed by atoms with E-state index in [1.165, 1.54) is 0 Å². The number of carbonyl (C=O) groups excluding carboxylic acids is 2. The zero-order valence-corrected chi connectivity index (χ0v) is 16.9. The predicted molar refractivity (Wildman–Crippen MR) is 110 cm³/mol. The minimum atomic E-state index is -0.216. The summed E-state index contributed by atoms with van der Waals surface area (Å²) in [5.41, 5.74) is 3.19. The molecule has 1 N–H and O–H groups in total. The van der Waals surface area contributed by atoms with Gasteiger partial charge in [-0.1, -0.05) is 12.1 Å². The molecule has 0 spiro atoms. The number of amides is 2. The highest BCUT2D eigenvalue weighted by Gasteiger charge is 2.23. The summed E-state index contributed by atoms with van der Waals surface area (Å²) in [5.74, 6) is 1.40. The van der Waals surface area contributed by atoms with Gasteiger partial charge >= 0.3 is 0 Å². The van der Waals surface area contributed by atoms with Gasteiger partial charge in [0.25, 0.3) is 5.91 Å². The van der Waals surface area contributed by atoms with E-state index in [1.807, 2.05) is 49.1 Å². The van der Waals surface area contributed by atoms with E-state index < -0.39 is 0 Å². The Morgan fingerprint density at radius 2 is 2.17 bits per heavy atom. The summed E-state index contributed by atoms with van der Waals surface area (Å²) >= 11 is 0. The topological polar surface area (TPSA) is 67.9 Å². The normalized spacial score (nSPS) is 17.8. The molecule has 2 aromatic carbocycles. The minimum absolute atomic E-state index is 0.121. The Morgan fingerprint density at radius 1 is 1.31 bits per heavy atom. The zero-order valence-electron chi connectivity index (χ0n) is 16.9. The third kappa shape index (κ3) is 4.21. The van der Waals surface area contributed by atoms with E-state index in [1.54, 1.807) is 6.07 Å². The number of likely N-dealkylation sites (tertiary alicyclic amines) is 1. The van der Waals surface area contributed by atoms with Crippen LogP contribution in [0.2, 0.25) is 0 Å². The summed E-state index contributed by atoms with van der Waals surface area (Å²) in [6, 6.07) is 11.2. The van der Waals surface area contributed by atoms with Crippen LogP contribution in [-0.2, 0) is 17.8 Å². The van der Waals surface area contributed by atoms with Crippen molar-refractivity contribution in [2.45, 2.75) is 45.8 Å². The first-order chi connectivity index (χ1) is 14.0. The Labute approximate surface area is 170 Å². The number of fused-ring (bicyclic) bond motifs is 1. The van der Waals surface area contributed by atoms with Crippen LogP contribution in [0.5, 0.6) is 11.5 Å². The SMILES string of the molecule is CCOc1cc2c(cc1NC(=O)c1cccc(CN3CCCC3=O)c1)OC(C)C2. The molecule has 2 aliphatic heterocycles. The first-order valence-electron chi connectivity index (χ1n) is 10.2. The molecule has 2 amide bonds. The monoisotopic (exact) mass is 394 g/mol. The first-order valence-corrected chi connectivity index (χ1v) is 10.2. The molecule has 0 aromatic heterocycles. The second-order valence-corrected chi connectivity index (χ2v) is 7.60. The van der Waals surface area contributed by atoms with E-state index in [4.69, 9.17) is 9.47 Å². The Balaban J connectivity index is 1.53. The number of carbonyl (C=O) groups is 2. The smallest absolute Gasteiger partial charge is 0.255 e. The highest BCUT2D eigenvalue weighted by Crippen LogP contribution is 2.38. The lowest BCUT2D eigenvalue weighted by molar-refractivity contribution is -0.128.